The molecule has 0 aliphatic carbocycles. The number of hydrogen-bond acceptors (Lipinski definition) is 5. The summed E-state index contributed by atoms with van der Waals surface area (Å²) in [5.41, 5.74) is 3.63. The summed E-state index contributed by atoms with van der Waals surface area (Å²) < 4.78 is 5.88. The maximum Gasteiger partial charge on any atom is 0.306 e. The average molecular weight is 490 g/mol. The van der Waals surface area contributed by atoms with Crippen LogP contribution in [-0.2, 0) is 23.9 Å². The van der Waals surface area contributed by atoms with Crippen molar-refractivity contribution in [3.63, 3.8) is 0 Å². The molecule has 2 aromatic carbocycles. The van der Waals surface area contributed by atoms with Crippen LogP contribution in [0, 0.1) is 13.8 Å². The van der Waals surface area contributed by atoms with Gasteiger partial charge in [-0.15, -0.1) is 0 Å². The molecule has 0 saturated heterocycles. The number of hydrogen-bond donors (Lipinski definition) is 3. The van der Waals surface area contributed by atoms with E-state index in [1.54, 1.807) is 24.3 Å². The van der Waals surface area contributed by atoms with E-state index < -0.39 is 18.5 Å². The Morgan fingerprint density at radius 2 is 1.45 bits per heavy atom. The van der Waals surface area contributed by atoms with Crippen LogP contribution in [0.1, 0.15) is 30.9 Å². The number of esters is 1. The third-order valence-electron chi connectivity index (χ3n) is 4.19. The van der Waals surface area contributed by atoms with Crippen LogP contribution < -0.4 is 16.0 Å². The van der Waals surface area contributed by atoms with Crippen LogP contribution >= 0.6 is 15.9 Å². The van der Waals surface area contributed by atoms with Crippen LogP contribution in [0.4, 0.5) is 17.1 Å². The number of nitrogens with one attached hydrogen (secondary N) is 3. The van der Waals surface area contributed by atoms with E-state index in [4.69, 9.17) is 4.74 Å². The average Bonchev–Trinajstić information content (AvgIpc) is 2.70. The Bertz CT molecular complexity index is 989. The molecule has 3 N–H and O–H groups in total. The Morgan fingerprint density at radius 1 is 0.839 bits per heavy atom. The Morgan fingerprint density at radius 3 is 2.06 bits per heavy atom. The molecule has 0 unspecified atom stereocenters. The minimum atomic E-state index is -0.644. The first-order chi connectivity index (χ1) is 14.6. The van der Waals surface area contributed by atoms with E-state index in [1.807, 2.05) is 26.0 Å². The fourth-order valence-electron chi connectivity index (χ4n) is 2.60. The summed E-state index contributed by atoms with van der Waals surface area (Å²) in [5, 5.41) is 7.98. The van der Waals surface area contributed by atoms with Crippen LogP contribution in [0.25, 0.3) is 0 Å². The van der Waals surface area contributed by atoms with Crippen molar-refractivity contribution in [2.75, 3.05) is 22.6 Å². The molecule has 0 spiro atoms. The zero-order valence-electron chi connectivity index (χ0n) is 17.5. The third-order valence-corrected chi connectivity index (χ3v) is 5.04. The minimum Gasteiger partial charge on any atom is -0.456 e. The molecule has 0 aliphatic heterocycles. The van der Waals surface area contributed by atoms with Gasteiger partial charge in [-0.2, -0.15) is 0 Å². The van der Waals surface area contributed by atoms with Gasteiger partial charge in [0.25, 0.3) is 5.91 Å². The summed E-state index contributed by atoms with van der Waals surface area (Å²) in [5.74, 6) is -1.65. The van der Waals surface area contributed by atoms with Crippen molar-refractivity contribution in [1.82, 2.24) is 0 Å². The smallest absolute Gasteiger partial charge is 0.306 e. The Kier molecular flexibility index (Phi) is 8.75. The quantitative estimate of drug-likeness (QED) is 0.486. The molecule has 0 heterocycles. The van der Waals surface area contributed by atoms with E-state index in [1.165, 1.54) is 6.92 Å². The number of amides is 3. The van der Waals surface area contributed by atoms with Crippen molar-refractivity contribution >= 4 is 56.7 Å². The molecule has 0 saturated carbocycles. The second-order valence-corrected chi connectivity index (χ2v) is 7.79. The topological polar surface area (TPSA) is 114 Å². The first-order valence-corrected chi connectivity index (χ1v) is 10.3. The van der Waals surface area contributed by atoms with Crippen LogP contribution in [-0.4, -0.2) is 30.3 Å². The summed E-state index contributed by atoms with van der Waals surface area (Å²) in [6, 6.07) is 10.3. The highest BCUT2D eigenvalue weighted by Crippen LogP contribution is 2.24. The van der Waals surface area contributed by atoms with Gasteiger partial charge in [0.2, 0.25) is 11.8 Å². The molecule has 3 amide bonds. The number of ether oxygens (including phenoxy) is 1. The van der Waals surface area contributed by atoms with Crippen molar-refractivity contribution in [1.29, 1.82) is 0 Å². The second kappa shape index (κ2) is 11.3. The van der Waals surface area contributed by atoms with E-state index in [0.29, 0.717) is 17.1 Å². The number of rotatable bonds is 8. The van der Waals surface area contributed by atoms with E-state index in [9.17, 15) is 19.2 Å². The molecular weight excluding hydrogens is 466 g/mol. The number of aryl methyl sites for hydroxylation is 2. The highest BCUT2D eigenvalue weighted by molar-refractivity contribution is 9.10. The summed E-state index contributed by atoms with van der Waals surface area (Å²) in [6.07, 6.45) is -0.238. The van der Waals surface area contributed by atoms with Crippen molar-refractivity contribution in [3.8, 4) is 0 Å². The molecule has 2 aromatic rings. The van der Waals surface area contributed by atoms with Crippen LogP contribution in [0.2, 0.25) is 0 Å². The molecule has 0 aromatic heterocycles. The Labute approximate surface area is 188 Å². The molecule has 0 atom stereocenters. The van der Waals surface area contributed by atoms with E-state index in [0.717, 1.165) is 15.6 Å². The first-order valence-electron chi connectivity index (χ1n) is 9.54. The van der Waals surface area contributed by atoms with Crippen molar-refractivity contribution < 1.29 is 23.9 Å². The summed E-state index contributed by atoms with van der Waals surface area (Å²) in [6.45, 7) is 4.74. The zero-order valence-corrected chi connectivity index (χ0v) is 19.1. The monoisotopic (exact) mass is 489 g/mol. The second-order valence-electron chi connectivity index (χ2n) is 6.93. The predicted molar refractivity (Wildman–Crippen MR) is 122 cm³/mol. The van der Waals surface area contributed by atoms with Crippen molar-refractivity contribution in [3.05, 3.63) is 52.0 Å². The molecule has 0 bridgehead atoms. The van der Waals surface area contributed by atoms with Crippen LogP contribution in [0.15, 0.2) is 40.9 Å². The highest BCUT2D eigenvalue weighted by Gasteiger charge is 2.12. The SMILES string of the molecule is CC(=O)Nc1ccc(NC(=O)CCC(=O)OCC(=O)Nc2cc(C)c(Br)cc2C)cc1. The Balaban J connectivity index is 1.72. The van der Waals surface area contributed by atoms with Gasteiger partial charge in [0, 0.05) is 34.9 Å². The third kappa shape index (κ3) is 8.21. The largest absolute Gasteiger partial charge is 0.456 e. The lowest BCUT2D eigenvalue weighted by molar-refractivity contribution is -0.147. The molecule has 2 rings (SSSR count). The van der Waals surface area contributed by atoms with E-state index in [2.05, 4.69) is 31.9 Å². The molecule has 0 aliphatic rings. The van der Waals surface area contributed by atoms with Gasteiger partial charge in [-0.1, -0.05) is 15.9 Å². The highest BCUT2D eigenvalue weighted by atomic mass is 79.9. The standard InChI is InChI=1S/C22H24BrN3O5/c1-13-11-19(14(2)10-18(13)23)26-21(29)12-31-22(30)9-8-20(28)25-17-6-4-16(5-7-17)24-15(3)27/h4-7,10-11H,8-9,12H2,1-3H3,(H,24,27)(H,25,28)(H,26,29). The molecule has 8 nitrogen and oxygen atoms in total. The van der Waals surface area contributed by atoms with Crippen LogP contribution in [0.3, 0.4) is 0 Å². The van der Waals surface area contributed by atoms with Gasteiger partial charge in [-0.25, -0.2) is 0 Å². The van der Waals surface area contributed by atoms with E-state index >= 15 is 0 Å². The molecule has 0 fully saturated rings. The van der Waals surface area contributed by atoms with Crippen LogP contribution in [0.5, 0.6) is 0 Å². The summed E-state index contributed by atoms with van der Waals surface area (Å²) in [7, 11) is 0. The summed E-state index contributed by atoms with van der Waals surface area (Å²) in [4.78, 5) is 46.9. The lowest BCUT2D eigenvalue weighted by atomic mass is 10.1. The maximum absolute atomic E-state index is 12.0. The van der Waals surface area contributed by atoms with Crippen molar-refractivity contribution in [2.45, 2.75) is 33.6 Å². The first kappa shape index (κ1) is 24.1. The number of anilines is 3. The normalized spacial score (nSPS) is 10.2. The van der Waals surface area contributed by atoms with Gasteiger partial charge in [0.15, 0.2) is 6.61 Å². The fraction of sp³-hybridized carbons (Fsp3) is 0.273. The van der Waals surface area contributed by atoms with Gasteiger partial charge in [-0.05, 0) is 61.4 Å². The molecule has 164 valence electrons. The fourth-order valence-corrected chi connectivity index (χ4v) is 3.06. The molecular formula is C22H24BrN3O5. The molecule has 0 radical (unpaired) electrons. The summed E-state index contributed by atoms with van der Waals surface area (Å²) >= 11 is 3.43. The zero-order chi connectivity index (χ0) is 23.0. The van der Waals surface area contributed by atoms with Crippen molar-refractivity contribution in [2.24, 2.45) is 0 Å². The maximum atomic E-state index is 12.0. The van der Waals surface area contributed by atoms with Gasteiger partial charge in [0.1, 0.15) is 0 Å². The van der Waals surface area contributed by atoms with E-state index in [-0.39, 0.29) is 24.7 Å². The Hall–Kier alpha value is -3.20. The van der Waals surface area contributed by atoms with Gasteiger partial charge in [-0.3, -0.25) is 19.2 Å². The number of benzene rings is 2. The lowest BCUT2D eigenvalue weighted by Gasteiger charge is -2.11. The van der Waals surface area contributed by atoms with Gasteiger partial charge in [0.05, 0.1) is 6.42 Å². The number of carbonyl (C=O) groups is 4. The molecule has 31 heavy (non-hydrogen) atoms. The number of carbonyl (C=O) groups excluding carboxylic acids is 4. The predicted octanol–water partition coefficient (Wildman–Crippen LogP) is 3.92. The number of halogens is 1. The lowest BCUT2D eigenvalue weighted by Crippen LogP contribution is -2.22. The minimum absolute atomic E-state index is 0.0844. The molecule has 9 heteroatoms. The van der Waals surface area contributed by atoms with Gasteiger partial charge >= 0.3 is 5.97 Å². The van der Waals surface area contributed by atoms with Gasteiger partial charge < -0.3 is 20.7 Å².